The van der Waals surface area contributed by atoms with E-state index < -0.39 is 0 Å². The summed E-state index contributed by atoms with van der Waals surface area (Å²) in [5.74, 6) is 1.69. The average molecular weight is 208 g/mol. The molecule has 0 spiro atoms. The molecule has 0 aromatic rings. The standard InChI is InChI=1S/C13H20O2/c1-10(14)5-6-11-3-2-4-12-7-8-15-9-13(11)12/h9,11-12H,2-8H2,1H3/t11-,12+/m1/s1. The van der Waals surface area contributed by atoms with E-state index >= 15 is 0 Å². The summed E-state index contributed by atoms with van der Waals surface area (Å²) in [5, 5.41) is 0. The zero-order valence-corrected chi connectivity index (χ0v) is 9.50. The lowest BCUT2D eigenvalue weighted by molar-refractivity contribution is -0.117. The van der Waals surface area contributed by atoms with Gasteiger partial charge in [-0.15, -0.1) is 0 Å². The highest BCUT2D eigenvalue weighted by molar-refractivity contribution is 5.75. The van der Waals surface area contributed by atoms with Crippen molar-refractivity contribution in [1.82, 2.24) is 0 Å². The molecule has 0 N–H and O–H groups in total. The highest BCUT2D eigenvalue weighted by Gasteiger charge is 2.29. The van der Waals surface area contributed by atoms with Gasteiger partial charge in [0, 0.05) is 6.42 Å². The highest BCUT2D eigenvalue weighted by Crippen LogP contribution is 2.40. The maximum Gasteiger partial charge on any atom is 0.129 e. The SMILES string of the molecule is CC(=O)CC[C@H]1CCC[C@H]2CCOC=C12. The van der Waals surface area contributed by atoms with Crippen LogP contribution in [-0.2, 0) is 9.53 Å². The first-order valence-electron chi connectivity index (χ1n) is 6.08. The van der Waals surface area contributed by atoms with Gasteiger partial charge in [0.05, 0.1) is 12.9 Å². The monoisotopic (exact) mass is 208 g/mol. The topological polar surface area (TPSA) is 26.3 Å². The van der Waals surface area contributed by atoms with Crippen LogP contribution >= 0.6 is 0 Å². The molecular formula is C13H20O2. The summed E-state index contributed by atoms with van der Waals surface area (Å²) in [4.78, 5) is 11.0. The number of rotatable bonds is 3. The normalized spacial score (nSPS) is 30.1. The Labute approximate surface area is 91.7 Å². The van der Waals surface area contributed by atoms with E-state index in [-0.39, 0.29) is 0 Å². The van der Waals surface area contributed by atoms with Crippen molar-refractivity contribution >= 4 is 5.78 Å². The van der Waals surface area contributed by atoms with Crippen molar-refractivity contribution in [2.24, 2.45) is 11.8 Å². The fourth-order valence-electron chi connectivity index (χ4n) is 2.83. The lowest BCUT2D eigenvalue weighted by Crippen LogP contribution is -2.24. The molecule has 1 saturated carbocycles. The highest BCUT2D eigenvalue weighted by atomic mass is 16.5. The summed E-state index contributed by atoms with van der Waals surface area (Å²) in [6.45, 7) is 2.57. The number of fused-ring (bicyclic) bond motifs is 1. The van der Waals surface area contributed by atoms with Crippen LogP contribution in [0.4, 0.5) is 0 Å². The van der Waals surface area contributed by atoms with Crippen LogP contribution in [0.25, 0.3) is 0 Å². The fourth-order valence-corrected chi connectivity index (χ4v) is 2.83. The molecule has 0 unspecified atom stereocenters. The minimum atomic E-state index is 0.314. The third-order valence-corrected chi connectivity index (χ3v) is 3.70. The maximum atomic E-state index is 11.0. The van der Waals surface area contributed by atoms with Crippen LogP contribution in [0.3, 0.4) is 0 Å². The van der Waals surface area contributed by atoms with Crippen LogP contribution in [-0.4, -0.2) is 12.4 Å². The molecule has 0 bridgehead atoms. The summed E-state index contributed by atoms with van der Waals surface area (Å²) in [5.41, 5.74) is 1.49. The molecule has 0 amide bonds. The van der Waals surface area contributed by atoms with Crippen molar-refractivity contribution in [3.8, 4) is 0 Å². The lowest BCUT2D eigenvalue weighted by Gasteiger charge is -2.34. The van der Waals surface area contributed by atoms with Crippen molar-refractivity contribution in [2.45, 2.75) is 45.4 Å². The van der Waals surface area contributed by atoms with Gasteiger partial charge in [0.2, 0.25) is 0 Å². The molecule has 0 radical (unpaired) electrons. The van der Waals surface area contributed by atoms with Gasteiger partial charge in [-0.3, -0.25) is 0 Å². The van der Waals surface area contributed by atoms with Gasteiger partial charge < -0.3 is 9.53 Å². The Morgan fingerprint density at radius 1 is 1.47 bits per heavy atom. The van der Waals surface area contributed by atoms with Crippen molar-refractivity contribution in [2.75, 3.05) is 6.61 Å². The van der Waals surface area contributed by atoms with Crippen LogP contribution in [0, 0.1) is 11.8 Å². The first-order chi connectivity index (χ1) is 7.27. The molecule has 0 saturated heterocycles. The quantitative estimate of drug-likeness (QED) is 0.712. The van der Waals surface area contributed by atoms with Crippen molar-refractivity contribution < 1.29 is 9.53 Å². The van der Waals surface area contributed by atoms with Gasteiger partial charge >= 0.3 is 0 Å². The Balaban J connectivity index is 1.97. The Morgan fingerprint density at radius 2 is 2.33 bits per heavy atom. The second kappa shape index (κ2) is 4.82. The number of ketones is 1. The Morgan fingerprint density at radius 3 is 3.13 bits per heavy atom. The number of ether oxygens (including phenoxy) is 1. The largest absolute Gasteiger partial charge is 0.501 e. The molecule has 1 aliphatic heterocycles. The van der Waals surface area contributed by atoms with E-state index in [0.717, 1.165) is 25.4 Å². The summed E-state index contributed by atoms with van der Waals surface area (Å²) in [6, 6.07) is 0. The number of allylic oxidation sites excluding steroid dienone is 1. The molecule has 2 nitrogen and oxygen atoms in total. The zero-order valence-electron chi connectivity index (χ0n) is 9.50. The number of carbonyl (C=O) groups excluding carboxylic acids is 1. The molecule has 2 aliphatic rings. The molecule has 1 fully saturated rings. The predicted molar refractivity (Wildman–Crippen MR) is 59.4 cm³/mol. The van der Waals surface area contributed by atoms with E-state index in [1.165, 1.54) is 31.3 Å². The summed E-state index contributed by atoms with van der Waals surface area (Å²) in [6.07, 6.45) is 8.83. The molecule has 1 heterocycles. The minimum Gasteiger partial charge on any atom is -0.501 e. The second-order valence-corrected chi connectivity index (χ2v) is 4.84. The lowest BCUT2D eigenvalue weighted by atomic mass is 9.73. The first kappa shape index (κ1) is 10.7. The second-order valence-electron chi connectivity index (χ2n) is 4.84. The minimum absolute atomic E-state index is 0.314. The molecule has 1 aliphatic carbocycles. The molecule has 0 aromatic carbocycles. The van der Waals surface area contributed by atoms with E-state index in [9.17, 15) is 4.79 Å². The molecular weight excluding hydrogens is 188 g/mol. The van der Waals surface area contributed by atoms with Gasteiger partial charge in [0.15, 0.2) is 0 Å². The summed E-state index contributed by atoms with van der Waals surface area (Å²) < 4.78 is 5.43. The van der Waals surface area contributed by atoms with Crippen LogP contribution < -0.4 is 0 Å². The number of hydrogen-bond acceptors (Lipinski definition) is 2. The Kier molecular flexibility index (Phi) is 3.45. The van der Waals surface area contributed by atoms with Gasteiger partial charge in [-0.05, 0) is 50.0 Å². The van der Waals surface area contributed by atoms with Gasteiger partial charge in [-0.2, -0.15) is 0 Å². The molecule has 0 aromatic heterocycles. The fraction of sp³-hybridized carbons (Fsp3) is 0.769. The summed E-state index contributed by atoms with van der Waals surface area (Å²) in [7, 11) is 0. The maximum absolute atomic E-state index is 11.0. The summed E-state index contributed by atoms with van der Waals surface area (Å²) >= 11 is 0. The number of carbonyl (C=O) groups is 1. The predicted octanol–water partition coefficient (Wildman–Crippen LogP) is 3.08. The molecule has 15 heavy (non-hydrogen) atoms. The number of Topliss-reactive ketones (excluding diaryl/α,β-unsaturated/α-hetero) is 1. The van der Waals surface area contributed by atoms with E-state index in [4.69, 9.17) is 4.74 Å². The Hall–Kier alpha value is -0.790. The third-order valence-electron chi connectivity index (χ3n) is 3.70. The zero-order chi connectivity index (χ0) is 10.7. The van der Waals surface area contributed by atoms with Crippen molar-refractivity contribution in [3.63, 3.8) is 0 Å². The molecule has 2 heteroatoms. The smallest absolute Gasteiger partial charge is 0.129 e. The van der Waals surface area contributed by atoms with Crippen LogP contribution in [0.1, 0.15) is 45.4 Å². The van der Waals surface area contributed by atoms with E-state index in [1.54, 1.807) is 6.92 Å². The molecule has 2 atom stereocenters. The van der Waals surface area contributed by atoms with Crippen molar-refractivity contribution in [3.05, 3.63) is 11.8 Å². The first-order valence-corrected chi connectivity index (χ1v) is 6.08. The van der Waals surface area contributed by atoms with Crippen LogP contribution in [0.5, 0.6) is 0 Å². The van der Waals surface area contributed by atoms with Gasteiger partial charge in [0.1, 0.15) is 5.78 Å². The van der Waals surface area contributed by atoms with Crippen LogP contribution in [0.2, 0.25) is 0 Å². The number of hydrogen-bond donors (Lipinski definition) is 0. The van der Waals surface area contributed by atoms with Crippen LogP contribution in [0.15, 0.2) is 11.8 Å². The van der Waals surface area contributed by atoms with Gasteiger partial charge in [-0.1, -0.05) is 6.42 Å². The van der Waals surface area contributed by atoms with E-state index in [0.29, 0.717) is 11.7 Å². The van der Waals surface area contributed by atoms with Gasteiger partial charge in [0.25, 0.3) is 0 Å². The molecule has 84 valence electrons. The van der Waals surface area contributed by atoms with E-state index in [2.05, 4.69) is 0 Å². The average Bonchev–Trinajstić information content (AvgIpc) is 2.26. The van der Waals surface area contributed by atoms with Crippen molar-refractivity contribution in [1.29, 1.82) is 0 Å². The van der Waals surface area contributed by atoms with Gasteiger partial charge in [-0.25, -0.2) is 0 Å². The molecule has 2 rings (SSSR count). The third kappa shape index (κ3) is 2.61. The van der Waals surface area contributed by atoms with E-state index in [1.807, 2.05) is 6.26 Å². The Bertz CT molecular complexity index is 268.